The van der Waals surface area contributed by atoms with E-state index in [4.69, 9.17) is 0 Å². The summed E-state index contributed by atoms with van der Waals surface area (Å²) in [6.07, 6.45) is 3.90. The molecule has 1 aromatic rings. The first-order valence-corrected chi connectivity index (χ1v) is 7.41. The maximum absolute atomic E-state index is 12.4. The first-order valence-electron chi connectivity index (χ1n) is 6.59. The highest BCUT2D eigenvalue weighted by molar-refractivity contribution is 7.11. The summed E-state index contributed by atoms with van der Waals surface area (Å²) >= 11 is 1.68. The van der Waals surface area contributed by atoms with Crippen LogP contribution in [0.5, 0.6) is 0 Å². The lowest BCUT2D eigenvalue weighted by Crippen LogP contribution is -2.51. The van der Waals surface area contributed by atoms with Crippen molar-refractivity contribution in [3.63, 3.8) is 0 Å². The molecule has 0 aliphatic carbocycles. The van der Waals surface area contributed by atoms with Gasteiger partial charge < -0.3 is 10.2 Å². The predicted octanol–water partition coefficient (Wildman–Crippen LogP) is 2.11. The quantitative estimate of drug-likeness (QED) is 0.909. The molecule has 1 amide bonds. The number of piperidine rings is 1. The molecule has 100 valence electrons. The summed E-state index contributed by atoms with van der Waals surface area (Å²) in [5.41, 5.74) is 0. The van der Waals surface area contributed by atoms with Crippen LogP contribution in [0.1, 0.15) is 42.6 Å². The van der Waals surface area contributed by atoms with Crippen LogP contribution in [-0.2, 0) is 4.79 Å². The molecule has 2 unspecified atom stereocenters. The molecule has 0 saturated carbocycles. The average Bonchev–Trinajstić information content (AvgIpc) is 2.78. The number of aromatic nitrogens is 1. The van der Waals surface area contributed by atoms with E-state index in [0.29, 0.717) is 0 Å². The monoisotopic (exact) mass is 267 g/mol. The van der Waals surface area contributed by atoms with Crippen molar-refractivity contribution >= 4 is 17.2 Å². The van der Waals surface area contributed by atoms with E-state index < -0.39 is 0 Å². The van der Waals surface area contributed by atoms with Crippen molar-refractivity contribution in [2.75, 3.05) is 13.1 Å². The van der Waals surface area contributed by atoms with Gasteiger partial charge in [-0.15, -0.1) is 11.3 Å². The molecule has 5 heteroatoms. The Morgan fingerprint density at radius 3 is 3.06 bits per heavy atom. The van der Waals surface area contributed by atoms with E-state index in [1.54, 1.807) is 11.3 Å². The van der Waals surface area contributed by atoms with E-state index in [-0.39, 0.29) is 18.0 Å². The van der Waals surface area contributed by atoms with Gasteiger partial charge in [-0.05, 0) is 33.2 Å². The van der Waals surface area contributed by atoms with Gasteiger partial charge in [0.2, 0.25) is 5.91 Å². The summed E-state index contributed by atoms with van der Waals surface area (Å²) < 4.78 is 0. The molecule has 1 aromatic heterocycles. The normalized spacial score (nSPS) is 22.3. The number of likely N-dealkylation sites (N-methyl/N-ethyl adjacent to an activating group) is 1. The minimum absolute atomic E-state index is 0.00717. The van der Waals surface area contributed by atoms with E-state index in [2.05, 4.69) is 17.2 Å². The Morgan fingerprint density at radius 1 is 1.67 bits per heavy atom. The molecule has 18 heavy (non-hydrogen) atoms. The van der Waals surface area contributed by atoms with Crippen molar-refractivity contribution in [3.05, 3.63) is 16.1 Å². The predicted molar refractivity (Wildman–Crippen MR) is 73.7 cm³/mol. The number of carbonyl (C=O) groups is 1. The van der Waals surface area contributed by atoms with Gasteiger partial charge >= 0.3 is 0 Å². The van der Waals surface area contributed by atoms with Crippen molar-refractivity contribution in [2.24, 2.45) is 0 Å². The van der Waals surface area contributed by atoms with Crippen LogP contribution >= 0.6 is 11.3 Å². The maximum Gasteiger partial charge on any atom is 0.240 e. The summed E-state index contributed by atoms with van der Waals surface area (Å²) in [5, 5.41) is 4.31. The van der Waals surface area contributed by atoms with Gasteiger partial charge in [0.15, 0.2) is 0 Å². The van der Waals surface area contributed by atoms with Crippen LogP contribution in [0.25, 0.3) is 0 Å². The lowest BCUT2D eigenvalue weighted by atomic mass is 10.0. The van der Waals surface area contributed by atoms with Crippen molar-refractivity contribution in [3.8, 4) is 0 Å². The highest BCUT2D eigenvalue weighted by Crippen LogP contribution is 2.27. The second kappa shape index (κ2) is 5.80. The Labute approximate surface area is 112 Å². The average molecular weight is 267 g/mol. The molecule has 2 rings (SSSR count). The highest BCUT2D eigenvalue weighted by atomic mass is 32.1. The van der Waals surface area contributed by atoms with Crippen molar-refractivity contribution in [2.45, 2.75) is 45.7 Å². The minimum atomic E-state index is -0.00717. The zero-order chi connectivity index (χ0) is 13.1. The highest BCUT2D eigenvalue weighted by Gasteiger charge is 2.32. The van der Waals surface area contributed by atoms with Crippen LogP contribution in [0.3, 0.4) is 0 Å². The molecule has 0 radical (unpaired) electrons. The molecule has 2 atom stereocenters. The number of aryl methyl sites for hydroxylation is 1. The number of nitrogens with zero attached hydrogens (tertiary/aromatic N) is 2. The first-order chi connectivity index (χ1) is 8.63. The van der Waals surface area contributed by atoms with Crippen LogP contribution in [0, 0.1) is 6.92 Å². The molecule has 1 aliphatic heterocycles. The van der Waals surface area contributed by atoms with Crippen LogP contribution in [0.4, 0.5) is 0 Å². The third kappa shape index (κ3) is 2.72. The summed E-state index contributed by atoms with van der Waals surface area (Å²) in [4.78, 5) is 19.9. The van der Waals surface area contributed by atoms with Crippen molar-refractivity contribution < 1.29 is 4.79 Å². The number of amides is 1. The molecule has 2 heterocycles. The number of hydrogen-bond acceptors (Lipinski definition) is 4. The van der Waals surface area contributed by atoms with Crippen molar-refractivity contribution in [1.29, 1.82) is 0 Å². The van der Waals surface area contributed by atoms with E-state index in [9.17, 15) is 4.79 Å². The van der Waals surface area contributed by atoms with Gasteiger partial charge in [0.1, 0.15) is 5.01 Å². The van der Waals surface area contributed by atoms with Crippen LogP contribution in [-0.4, -0.2) is 34.9 Å². The third-order valence-corrected chi connectivity index (χ3v) is 4.47. The van der Waals surface area contributed by atoms with Crippen molar-refractivity contribution in [1.82, 2.24) is 15.2 Å². The molecular formula is C13H21N3OS. The molecular weight excluding hydrogens is 246 g/mol. The lowest BCUT2D eigenvalue weighted by molar-refractivity contribution is -0.138. The van der Waals surface area contributed by atoms with Gasteiger partial charge in [-0.3, -0.25) is 4.79 Å². The summed E-state index contributed by atoms with van der Waals surface area (Å²) in [7, 11) is 0. The van der Waals surface area contributed by atoms with Gasteiger partial charge in [0.25, 0.3) is 0 Å². The number of carbonyl (C=O) groups excluding carboxylic acids is 1. The molecule has 4 nitrogen and oxygen atoms in total. The second-order valence-electron chi connectivity index (χ2n) is 4.77. The number of rotatable bonds is 4. The Hall–Kier alpha value is -0.940. The molecule has 0 bridgehead atoms. The van der Waals surface area contributed by atoms with Crippen LogP contribution < -0.4 is 5.32 Å². The fraction of sp³-hybridized carbons (Fsp3) is 0.692. The van der Waals surface area contributed by atoms with Crippen LogP contribution in [0.15, 0.2) is 6.20 Å². The minimum Gasteiger partial charge on any atom is -0.332 e. The number of hydrogen-bond donors (Lipinski definition) is 1. The number of thiazole rings is 1. The third-order valence-electron chi connectivity index (χ3n) is 3.39. The van der Waals surface area contributed by atoms with E-state index >= 15 is 0 Å². The molecule has 1 saturated heterocycles. The Morgan fingerprint density at radius 2 is 2.44 bits per heavy atom. The summed E-state index contributed by atoms with van der Waals surface area (Å²) in [6.45, 7) is 7.85. The van der Waals surface area contributed by atoms with Gasteiger partial charge in [-0.2, -0.15) is 0 Å². The Balaban J connectivity index is 2.09. The maximum atomic E-state index is 12.4. The molecule has 1 N–H and O–H groups in total. The van der Waals surface area contributed by atoms with E-state index in [1.165, 1.54) is 4.88 Å². The number of likely N-dealkylation sites (tertiary alicyclic amines) is 1. The molecule has 1 fully saturated rings. The molecule has 0 aromatic carbocycles. The van der Waals surface area contributed by atoms with E-state index in [0.717, 1.165) is 30.9 Å². The smallest absolute Gasteiger partial charge is 0.240 e. The van der Waals surface area contributed by atoms with Crippen LogP contribution in [0.2, 0.25) is 0 Å². The second-order valence-corrected chi connectivity index (χ2v) is 6.04. The zero-order valence-corrected chi connectivity index (χ0v) is 12.1. The molecule has 1 aliphatic rings. The fourth-order valence-corrected chi connectivity index (χ4v) is 3.26. The topological polar surface area (TPSA) is 45.2 Å². The van der Waals surface area contributed by atoms with Gasteiger partial charge in [0.05, 0.1) is 12.1 Å². The fourth-order valence-electron chi connectivity index (χ4n) is 2.42. The zero-order valence-electron chi connectivity index (χ0n) is 11.3. The van der Waals surface area contributed by atoms with E-state index in [1.807, 2.05) is 24.9 Å². The first kappa shape index (κ1) is 13.5. The van der Waals surface area contributed by atoms with Gasteiger partial charge in [0, 0.05) is 17.6 Å². The Kier molecular flexibility index (Phi) is 4.35. The van der Waals surface area contributed by atoms with Gasteiger partial charge in [-0.25, -0.2) is 4.98 Å². The van der Waals surface area contributed by atoms with Gasteiger partial charge in [-0.1, -0.05) is 6.92 Å². The summed E-state index contributed by atoms with van der Waals surface area (Å²) in [5.74, 6) is 0.225. The largest absolute Gasteiger partial charge is 0.332 e. The lowest BCUT2D eigenvalue weighted by Gasteiger charge is -2.36. The Bertz CT molecular complexity index is 416. The summed E-state index contributed by atoms with van der Waals surface area (Å²) in [6, 6.07) is 0.0879. The number of nitrogens with one attached hydrogen (secondary N) is 1. The SMILES string of the molecule is CCNC1CCCN(C(C)c2ncc(C)s2)C1=O. The molecule has 0 spiro atoms. The standard InChI is InChI=1S/C13H21N3OS/c1-4-14-11-6-5-7-16(13(11)17)10(3)12-15-8-9(2)18-12/h8,10-11,14H,4-7H2,1-3H3.